The summed E-state index contributed by atoms with van der Waals surface area (Å²) < 4.78 is 96.8. The summed E-state index contributed by atoms with van der Waals surface area (Å²) in [5, 5.41) is 9.45. The number of halogens is 6. The second-order valence-corrected chi connectivity index (χ2v) is 6.70. The highest BCUT2D eigenvalue weighted by molar-refractivity contribution is 7.45. The third-order valence-corrected chi connectivity index (χ3v) is 3.64. The lowest BCUT2D eigenvalue weighted by molar-refractivity contribution is -0.376. The Morgan fingerprint density at radius 1 is 1.13 bits per heavy atom. The van der Waals surface area contributed by atoms with Gasteiger partial charge in [0.05, 0.1) is 19.3 Å². The molecule has 0 unspecified atom stereocenters. The van der Waals surface area contributed by atoms with E-state index in [-0.39, 0.29) is 17.5 Å². The van der Waals surface area contributed by atoms with E-state index >= 15 is 0 Å². The third-order valence-electron chi connectivity index (χ3n) is 3.64. The predicted molar refractivity (Wildman–Crippen MR) is 89.9 cm³/mol. The Hall–Kier alpha value is -2.06. The van der Waals surface area contributed by atoms with Crippen LogP contribution in [-0.2, 0) is 14.9 Å². The van der Waals surface area contributed by atoms with Gasteiger partial charge in [-0.05, 0) is 12.1 Å². The van der Waals surface area contributed by atoms with Crippen LogP contribution in [0.4, 0.5) is 32.0 Å². The highest BCUT2D eigenvalue weighted by Crippen LogP contribution is 2.51. The fraction of sp³-hybridized carbons (Fsp3) is 0.500. The van der Waals surface area contributed by atoms with Crippen LogP contribution in [0.25, 0.3) is 0 Å². The molecule has 0 spiro atoms. The predicted octanol–water partition coefficient (Wildman–Crippen LogP) is 1.90. The van der Waals surface area contributed by atoms with Crippen LogP contribution in [0.5, 0.6) is 5.75 Å². The van der Waals surface area contributed by atoms with Gasteiger partial charge in [0.15, 0.2) is 0 Å². The first-order chi connectivity index (χ1) is 13.4. The van der Waals surface area contributed by atoms with Crippen LogP contribution in [0.3, 0.4) is 0 Å². The zero-order valence-electron chi connectivity index (χ0n) is 15.3. The molecule has 1 heterocycles. The number of nitrogens with zero attached hydrogens (tertiary/aromatic N) is 2. The topological polar surface area (TPSA) is 132 Å². The molecule has 4 N–H and O–H groups in total. The van der Waals surface area contributed by atoms with E-state index in [0.29, 0.717) is 25.3 Å². The summed E-state index contributed by atoms with van der Waals surface area (Å²) in [7, 11) is -2.10. The van der Waals surface area contributed by atoms with Gasteiger partial charge in [0.1, 0.15) is 12.4 Å². The van der Waals surface area contributed by atoms with Gasteiger partial charge >= 0.3 is 20.2 Å². The molecule has 1 aromatic rings. The molecule has 1 aliphatic rings. The SMILES string of the molecule is COc1cc(C(O)(C(F)(F)F)C(F)(F)F)ccc1N(C)C1=NCCO1.O=P(O)(O)O. The van der Waals surface area contributed by atoms with Crippen molar-refractivity contribution >= 4 is 19.5 Å². The van der Waals surface area contributed by atoms with Gasteiger partial charge < -0.3 is 29.3 Å². The molecule has 1 aliphatic heterocycles. The second-order valence-electron chi connectivity index (χ2n) is 5.68. The number of alkyl halides is 6. The maximum atomic E-state index is 13.0. The number of ether oxygens (including phenoxy) is 2. The average molecular weight is 470 g/mol. The molecular weight excluding hydrogens is 453 g/mol. The van der Waals surface area contributed by atoms with E-state index in [9.17, 15) is 31.4 Å². The molecule has 0 aromatic heterocycles. The summed E-state index contributed by atoms with van der Waals surface area (Å²) in [5.41, 5.74) is -6.31. The first-order valence-corrected chi connectivity index (χ1v) is 9.23. The zero-order chi connectivity index (χ0) is 23.5. The highest BCUT2D eigenvalue weighted by atomic mass is 31.2. The van der Waals surface area contributed by atoms with Crippen molar-refractivity contribution in [3.8, 4) is 5.75 Å². The Labute approximate surface area is 165 Å². The average Bonchev–Trinajstić information content (AvgIpc) is 3.11. The van der Waals surface area contributed by atoms with Gasteiger partial charge in [0.25, 0.3) is 11.6 Å². The summed E-state index contributed by atoms with van der Waals surface area (Å²) in [4.78, 5) is 26.9. The van der Waals surface area contributed by atoms with Crippen molar-refractivity contribution in [2.45, 2.75) is 18.0 Å². The standard InChI is InChI=1S/C14H14F6N2O3.H3O4P/c1-22(11-21-5-6-25-11)9-4-3-8(7-10(9)24-2)12(23,13(15,16)17)14(18,19)20;1-5(2,3)4/h3-4,7,23H,5-6H2,1-2H3;(H3,1,2,3,4). The van der Waals surface area contributed by atoms with Crippen molar-refractivity contribution in [1.29, 1.82) is 0 Å². The van der Waals surface area contributed by atoms with E-state index < -0.39 is 31.3 Å². The molecule has 0 saturated carbocycles. The molecule has 0 saturated heterocycles. The second kappa shape index (κ2) is 8.98. The molecule has 30 heavy (non-hydrogen) atoms. The lowest BCUT2D eigenvalue weighted by Crippen LogP contribution is -2.53. The lowest BCUT2D eigenvalue weighted by atomic mass is 9.91. The number of hydrogen-bond donors (Lipinski definition) is 4. The molecular formula is C14H17F6N2O7P. The van der Waals surface area contributed by atoms with Gasteiger partial charge in [-0.3, -0.25) is 4.90 Å². The van der Waals surface area contributed by atoms with E-state index in [1.807, 2.05) is 0 Å². The number of phosphoric acid groups is 1. The molecule has 16 heteroatoms. The summed E-state index contributed by atoms with van der Waals surface area (Å²) >= 11 is 0. The van der Waals surface area contributed by atoms with E-state index in [1.54, 1.807) is 0 Å². The van der Waals surface area contributed by atoms with Crippen molar-refractivity contribution < 1.29 is 60.2 Å². The molecule has 172 valence electrons. The van der Waals surface area contributed by atoms with Crippen molar-refractivity contribution in [3.63, 3.8) is 0 Å². The van der Waals surface area contributed by atoms with Crippen LogP contribution in [-0.4, -0.2) is 65.5 Å². The van der Waals surface area contributed by atoms with Gasteiger partial charge in [0.2, 0.25) is 0 Å². The Morgan fingerprint density at radius 2 is 1.63 bits per heavy atom. The number of aliphatic hydroxyl groups is 1. The van der Waals surface area contributed by atoms with E-state index in [2.05, 4.69) is 4.99 Å². The quantitative estimate of drug-likeness (QED) is 0.389. The van der Waals surface area contributed by atoms with Crippen molar-refractivity contribution in [2.24, 2.45) is 4.99 Å². The smallest absolute Gasteiger partial charge is 0.466 e. The van der Waals surface area contributed by atoms with Crippen LogP contribution < -0.4 is 9.64 Å². The molecule has 0 amide bonds. The summed E-state index contributed by atoms with van der Waals surface area (Å²) in [5.74, 6) is -0.315. The molecule has 9 nitrogen and oxygen atoms in total. The monoisotopic (exact) mass is 470 g/mol. The summed E-state index contributed by atoms with van der Waals surface area (Å²) in [6.45, 7) is 0.684. The normalized spacial score (nSPS) is 15.0. The van der Waals surface area contributed by atoms with Crippen molar-refractivity contribution in [2.75, 3.05) is 32.2 Å². The molecule has 0 atom stereocenters. The van der Waals surface area contributed by atoms with Crippen LogP contribution in [0.1, 0.15) is 5.56 Å². The zero-order valence-corrected chi connectivity index (χ0v) is 16.2. The minimum atomic E-state index is -5.97. The van der Waals surface area contributed by atoms with Gasteiger partial charge in [-0.1, -0.05) is 6.07 Å². The fourth-order valence-corrected chi connectivity index (χ4v) is 2.30. The number of anilines is 1. The number of aliphatic imine (C=N–C) groups is 1. The van der Waals surface area contributed by atoms with E-state index in [1.165, 1.54) is 11.9 Å². The van der Waals surface area contributed by atoms with Crippen molar-refractivity contribution in [1.82, 2.24) is 0 Å². The Kier molecular flexibility index (Phi) is 7.77. The van der Waals surface area contributed by atoms with Gasteiger partial charge in [0, 0.05) is 12.6 Å². The number of hydrogen-bond acceptors (Lipinski definition) is 6. The highest BCUT2D eigenvalue weighted by Gasteiger charge is 2.71. The Bertz CT molecular complexity index is 802. The maximum absolute atomic E-state index is 13.0. The molecule has 0 aliphatic carbocycles. The van der Waals surface area contributed by atoms with E-state index in [0.717, 1.165) is 13.2 Å². The number of methoxy groups -OCH3 is 1. The fourth-order valence-electron chi connectivity index (χ4n) is 2.30. The summed E-state index contributed by atoms with van der Waals surface area (Å²) in [6.07, 6.45) is -11.9. The molecule has 1 aromatic carbocycles. The Morgan fingerprint density at radius 3 is 2.00 bits per heavy atom. The maximum Gasteiger partial charge on any atom is 0.466 e. The number of rotatable bonds is 3. The first-order valence-electron chi connectivity index (χ1n) is 7.67. The number of benzene rings is 1. The van der Waals surface area contributed by atoms with Gasteiger partial charge in [-0.2, -0.15) is 26.3 Å². The van der Waals surface area contributed by atoms with Crippen LogP contribution in [0, 0.1) is 0 Å². The third kappa shape index (κ3) is 5.98. The Balaban J connectivity index is 0.000000804. The molecule has 2 rings (SSSR count). The largest absolute Gasteiger partial charge is 0.495 e. The number of amidine groups is 1. The molecule has 0 bridgehead atoms. The van der Waals surface area contributed by atoms with Crippen LogP contribution in [0.15, 0.2) is 23.2 Å². The van der Waals surface area contributed by atoms with E-state index in [4.69, 9.17) is 28.7 Å². The van der Waals surface area contributed by atoms with Crippen LogP contribution in [0.2, 0.25) is 0 Å². The molecule has 0 radical (unpaired) electrons. The lowest BCUT2D eigenvalue weighted by Gasteiger charge is -2.33. The minimum Gasteiger partial charge on any atom is -0.495 e. The minimum absolute atomic E-state index is 0.124. The van der Waals surface area contributed by atoms with Crippen LogP contribution >= 0.6 is 7.82 Å². The first kappa shape index (κ1) is 26.0. The van der Waals surface area contributed by atoms with Crippen molar-refractivity contribution in [3.05, 3.63) is 23.8 Å². The van der Waals surface area contributed by atoms with Gasteiger partial charge in [-0.25, -0.2) is 9.56 Å². The summed E-state index contributed by atoms with van der Waals surface area (Å²) in [6, 6.07) is 2.13. The molecule has 0 fully saturated rings. The van der Waals surface area contributed by atoms with Gasteiger partial charge in [-0.15, -0.1) is 0 Å².